The highest BCUT2D eigenvalue weighted by atomic mass is 16.5. The molecule has 31 heavy (non-hydrogen) atoms. The maximum atomic E-state index is 13.1. The molecule has 3 aromatic heterocycles. The van der Waals surface area contributed by atoms with Gasteiger partial charge in [0.2, 0.25) is 0 Å². The van der Waals surface area contributed by atoms with Gasteiger partial charge >= 0.3 is 0 Å². The first-order valence-corrected chi connectivity index (χ1v) is 10.5. The summed E-state index contributed by atoms with van der Waals surface area (Å²) in [7, 11) is 0. The van der Waals surface area contributed by atoms with Gasteiger partial charge in [0.15, 0.2) is 5.65 Å². The van der Waals surface area contributed by atoms with Gasteiger partial charge in [0.05, 0.1) is 13.2 Å². The van der Waals surface area contributed by atoms with E-state index in [0.717, 1.165) is 35.6 Å². The summed E-state index contributed by atoms with van der Waals surface area (Å²) in [5.41, 5.74) is 5.05. The van der Waals surface area contributed by atoms with Gasteiger partial charge in [0.1, 0.15) is 6.33 Å². The second kappa shape index (κ2) is 8.60. The van der Waals surface area contributed by atoms with Crippen LogP contribution in [0.15, 0.2) is 23.3 Å². The molecule has 9 nitrogen and oxygen atoms in total. The highest BCUT2D eigenvalue weighted by Crippen LogP contribution is 2.27. The number of ether oxygens (including phenoxy) is 1. The van der Waals surface area contributed by atoms with Gasteiger partial charge in [-0.2, -0.15) is 0 Å². The summed E-state index contributed by atoms with van der Waals surface area (Å²) >= 11 is 0. The molecule has 1 amide bonds. The number of hydrogen-bond donors (Lipinski definition) is 2. The highest BCUT2D eigenvalue weighted by Gasteiger charge is 2.25. The Balaban J connectivity index is 1.65. The number of hydrogen-bond acceptors (Lipinski definition) is 6. The first-order valence-electron chi connectivity index (χ1n) is 10.5. The van der Waals surface area contributed by atoms with E-state index in [-0.39, 0.29) is 24.1 Å². The number of nitrogens with zero attached hydrogens (tertiary/aromatic N) is 4. The van der Waals surface area contributed by atoms with Crippen molar-refractivity contribution in [2.45, 2.75) is 40.3 Å². The molecule has 0 saturated carbocycles. The number of carbonyl (C=O) groups excluding carboxylic acids is 1. The van der Waals surface area contributed by atoms with Gasteiger partial charge in [-0.1, -0.05) is 0 Å². The lowest BCUT2D eigenvalue weighted by molar-refractivity contribution is 0.0187. The maximum absolute atomic E-state index is 13.1. The van der Waals surface area contributed by atoms with Crippen molar-refractivity contribution in [1.82, 2.24) is 29.8 Å². The van der Waals surface area contributed by atoms with Gasteiger partial charge in [-0.05, 0) is 51.0 Å². The number of carbonyl (C=O) groups is 1. The van der Waals surface area contributed by atoms with Gasteiger partial charge in [-0.3, -0.25) is 18.9 Å². The Hall–Kier alpha value is -3.04. The molecule has 2 N–H and O–H groups in total. The fraction of sp³-hybridized carbons (Fsp3) is 0.455. The van der Waals surface area contributed by atoms with Crippen LogP contribution in [0.4, 0.5) is 0 Å². The first kappa shape index (κ1) is 21.2. The number of morpholine rings is 1. The summed E-state index contributed by atoms with van der Waals surface area (Å²) in [6.45, 7) is 11.0. The molecule has 0 aliphatic carbocycles. The van der Waals surface area contributed by atoms with Gasteiger partial charge < -0.3 is 15.0 Å². The van der Waals surface area contributed by atoms with E-state index < -0.39 is 0 Å². The molecule has 0 aromatic carbocycles. The number of rotatable bonds is 5. The normalized spacial score (nSPS) is 15.9. The summed E-state index contributed by atoms with van der Waals surface area (Å²) in [4.78, 5) is 30.5. The minimum atomic E-state index is -0.238. The Bertz CT molecular complexity index is 1180. The minimum Gasteiger partial charge on any atom is -0.379 e. The Morgan fingerprint density at radius 3 is 2.71 bits per heavy atom. The topological polar surface area (TPSA) is 105 Å². The fourth-order valence-electron chi connectivity index (χ4n) is 4.34. The number of amides is 1. The van der Waals surface area contributed by atoms with Crippen molar-refractivity contribution in [3.63, 3.8) is 0 Å². The number of aryl methyl sites for hydroxylation is 2. The average molecular weight is 425 g/mol. The number of H-pyrrole nitrogens is 1. The van der Waals surface area contributed by atoms with Crippen molar-refractivity contribution in [2.24, 2.45) is 0 Å². The Morgan fingerprint density at radius 2 is 2.00 bits per heavy atom. The number of aromatic amines is 1. The van der Waals surface area contributed by atoms with Crippen LogP contribution >= 0.6 is 0 Å². The van der Waals surface area contributed by atoms with E-state index in [1.54, 1.807) is 12.4 Å². The molecule has 4 rings (SSSR count). The van der Waals surface area contributed by atoms with Gasteiger partial charge in [-0.15, -0.1) is 10.2 Å². The zero-order valence-corrected chi connectivity index (χ0v) is 18.4. The highest BCUT2D eigenvalue weighted by molar-refractivity contribution is 5.96. The zero-order valence-electron chi connectivity index (χ0n) is 18.4. The van der Waals surface area contributed by atoms with E-state index in [9.17, 15) is 9.59 Å². The van der Waals surface area contributed by atoms with Gasteiger partial charge in [0.25, 0.3) is 11.5 Å². The maximum Gasteiger partial charge on any atom is 0.253 e. The SMILES string of the molecule is Cc1cc(C)c(CNC(=O)c2cc3nncn3c(C(C)N3CCOCC3)c2C)c(=O)[nH]1. The van der Waals surface area contributed by atoms with Gasteiger partial charge in [-0.25, -0.2) is 0 Å². The summed E-state index contributed by atoms with van der Waals surface area (Å²) in [6.07, 6.45) is 1.69. The van der Waals surface area contributed by atoms with E-state index in [1.165, 1.54) is 0 Å². The van der Waals surface area contributed by atoms with E-state index in [0.29, 0.717) is 30.0 Å². The summed E-state index contributed by atoms with van der Waals surface area (Å²) in [5, 5.41) is 11.1. The molecule has 3 aromatic rings. The molecule has 1 atom stereocenters. The third kappa shape index (κ3) is 4.11. The first-order chi connectivity index (χ1) is 14.9. The average Bonchev–Trinajstić information content (AvgIpc) is 3.20. The van der Waals surface area contributed by atoms with Crippen LogP contribution in [0.2, 0.25) is 0 Å². The lowest BCUT2D eigenvalue weighted by Gasteiger charge is -2.33. The lowest BCUT2D eigenvalue weighted by Crippen LogP contribution is -2.39. The molecule has 1 aliphatic heterocycles. The van der Waals surface area contributed by atoms with Crippen LogP contribution in [0.25, 0.3) is 5.65 Å². The van der Waals surface area contributed by atoms with E-state index in [2.05, 4.69) is 32.3 Å². The van der Waals surface area contributed by atoms with E-state index in [4.69, 9.17) is 4.74 Å². The van der Waals surface area contributed by atoms with Crippen molar-refractivity contribution in [1.29, 1.82) is 0 Å². The summed E-state index contributed by atoms with van der Waals surface area (Å²) < 4.78 is 7.43. The van der Waals surface area contributed by atoms with Crippen LogP contribution in [-0.2, 0) is 11.3 Å². The molecule has 1 fully saturated rings. The summed E-state index contributed by atoms with van der Waals surface area (Å²) in [5.74, 6) is -0.238. The molecule has 1 aliphatic rings. The number of pyridine rings is 2. The Morgan fingerprint density at radius 1 is 1.26 bits per heavy atom. The van der Waals surface area contributed by atoms with Crippen LogP contribution in [0.1, 0.15) is 51.4 Å². The van der Waals surface area contributed by atoms with Gasteiger partial charge in [0, 0.05) is 48.2 Å². The second-order valence-electron chi connectivity index (χ2n) is 8.08. The van der Waals surface area contributed by atoms with E-state index in [1.807, 2.05) is 31.2 Å². The molecule has 0 radical (unpaired) electrons. The largest absolute Gasteiger partial charge is 0.379 e. The zero-order chi connectivity index (χ0) is 22.1. The molecular formula is C22H28N6O3. The number of aromatic nitrogens is 4. The predicted molar refractivity (Wildman–Crippen MR) is 116 cm³/mol. The monoisotopic (exact) mass is 424 g/mol. The van der Waals surface area contributed by atoms with Crippen LogP contribution in [-0.4, -0.2) is 56.7 Å². The van der Waals surface area contributed by atoms with Crippen LogP contribution in [0.5, 0.6) is 0 Å². The molecule has 0 bridgehead atoms. The van der Waals surface area contributed by atoms with Crippen molar-refractivity contribution in [3.8, 4) is 0 Å². The molecule has 0 spiro atoms. The third-order valence-electron chi connectivity index (χ3n) is 6.05. The van der Waals surface area contributed by atoms with E-state index >= 15 is 0 Å². The molecule has 4 heterocycles. The Labute approximate surface area is 180 Å². The Kier molecular flexibility index (Phi) is 5.88. The van der Waals surface area contributed by atoms with Crippen molar-refractivity contribution >= 4 is 11.6 Å². The van der Waals surface area contributed by atoms with Crippen LogP contribution in [0.3, 0.4) is 0 Å². The second-order valence-corrected chi connectivity index (χ2v) is 8.08. The summed E-state index contributed by atoms with van der Waals surface area (Å²) in [6, 6.07) is 3.72. The molecule has 1 saturated heterocycles. The number of nitrogens with one attached hydrogen (secondary N) is 2. The van der Waals surface area contributed by atoms with Crippen LogP contribution < -0.4 is 10.9 Å². The van der Waals surface area contributed by atoms with Crippen molar-refractivity contribution < 1.29 is 9.53 Å². The number of fused-ring (bicyclic) bond motifs is 1. The molecular weight excluding hydrogens is 396 g/mol. The predicted octanol–water partition coefficient (Wildman–Crippen LogP) is 1.67. The third-order valence-corrected chi connectivity index (χ3v) is 6.05. The van der Waals surface area contributed by atoms with Crippen molar-refractivity contribution in [3.05, 3.63) is 62.5 Å². The lowest BCUT2D eigenvalue weighted by atomic mass is 10.0. The van der Waals surface area contributed by atoms with Crippen molar-refractivity contribution in [2.75, 3.05) is 26.3 Å². The minimum absolute atomic E-state index is 0.0670. The standard InChI is InChI=1S/C22H28N6O3/c1-13-9-14(2)25-22(30)18(13)11-23-21(29)17-10-19-26-24-12-28(19)20(15(17)3)16(4)27-5-7-31-8-6-27/h9-10,12,16H,5-8,11H2,1-4H3,(H,23,29)(H,25,30). The molecule has 1 unspecified atom stereocenters. The molecule has 164 valence electrons. The van der Waals surface area contributed by atoms with Crippen LogP contribution in [0, 0.1) is 20.8 Å². The smallest absolute Gasteiger partial charge is 0.253 e. The fourth-order valence-corrected chi connectivity index (χ4v) is 4.34. The molecule has 9 heteroatoms. The quantitative estimate of drug-likeness (QED) is 0.646.